The summed E-state index contributed by atoms with van der Waals surface area (Å²) in [5, 5.41) is 13.2. The Labute approximate surface area is 153 Å². The van der Waals surface area contributed by atoms with Crippen LogP contribution in [0.4, 0.5) is 9.18 Å². The lowest BCUT2D eigenvalue weighted by atomic mass is 10.2. The molecule has 3 amide bonds. The van der Waals surface area contributed by atoms with Gasteiger partial charge < -0.3 is 11.2 Å². The second kappa shape index (κ2) is 8.17. The van der Waals surface area contributed by atoms with E-state index >= 15 is 0 Å². The Hall–Kier alpha value is -2.62. The van der Waals surface area contributed by atoms with Gasteiger partial charge in [0.2, 0.25) is 11.1 Å². The number of aromatic nitrogens is 3. The largest absolute Gasteiger partial charge is 0.335 e. The van der Waals surface area contributed by atoms with E-state index < -0.39 is 17.8 Å². The number of amides is 3. The van der Waals surface area contributed by atoms with E-state index in [2.05, 4.69) is 20.8 Å². The fourth-order valence-electron chi connectivity index (χ4n) is 2.78. The van der Waals surface area contributed by atoms with Crippen molar-refractivity contribution in [1.82, 2.24) is 25.5 Å². The fourth-order valence-corrected chi connectivity index (χ4v) is 3.44. The molecule has 1 saturated carbocycles. The van der Waals surface area contributed by atoms with Gasteiger partial charge in [0, 0.05) is 11.6 Å². The standard InChI is InChI=1S/C16H19FN6O2S/c17-11-5-3-4-10(8-11)14-21-22-16(23(14)18)26-9-13(24)20-15(25)19-12-6-1-2-7-12/h3-5,8,12H,1-2,6-7,9,18H2,(H2,19,20,24,25). The van der Waals surface area contributed by atoms with E-state index in [1.54, 1.807) is 12.1 Å². The zero-order valence-corrected chi connectivity index (χ0v) is 14.8. The SMILES string of the molecule is Nn1c(SCC(=O)NC(=O)NC2CCCC2)nnc1-c1cccc(F)c1. The number of thioether (sulfide) groups is 1. The van der Waals surface area contributed by atoms with Gasteiger partial charge in [-0.05, 0) is 25.0 Å². The molecule has 138 valence electrons. The van der Waals surface area contributed by atoms with Crippen LogP contribution in [0, 0.1) is 5.82 Å². The molecule has 0 unspecified atom stereocenters. The third kappa shape index (κ3) is 4.51. The predicted octanol–water partition coefficient (Wildman–Crippen LogP) is 1.66. The van der Waals surface area contributed by atoms with E-state index in [4.69, 9.17) is 5.84 Å². The number of carbonyl (C=O) groups excluding carboxylic acids is 2. The lowest BCUT2D eigenvalue weighted by Gasteiger charge is -2.12. The summed E-state index contributed by atoms with van der Waals surface area (Å²) >= 11 is 1.04. The van der Waals surface area contributed by atoms with Crippen LogP contribution in [0.25, 0.3) is 11.4 Å². The Balaban J connectivity index is 1.53. The molecule has 0 atom stereocenters. The number of nitrogen functional groups attached to an aromatic ring is 1. The molecule has 0 spiro atoms. The number of urea groups is 1. The first-order chi connectivity index (χ1) is 12.5. The number of halogens is 1. The summed E-state index contributed by atoms with van der Waals surface area (Å²) in [6, 6.07) is 5.46. The molecule has 4 N–H and O–H groups in total. The van der Waals surface area contributed by atoms with E-state index in [0.717, 1.165) is 37.4 Å². The zero-order valence-electron chi connectivity index (χ0n) is 13.9. The van der Waals surface area contributed by atoms with Gasteiger partial charge in [0.05, 0.1) is 5.75 Å². The van der Waals surface area contributed by atoms with Crippen molar-refractivity contribution in [3.8, 4) is 11.4 Å². The number of nitrogens with zero attached hydrogens (tertiary/aromatic N) is 3. The van der Waals surface area contributed by atoms with Crippen molar-refractivity contribution in [1.29, 1.82) is 0 Å². The van der Waals surface area contributed by atoms with Gasteiger partial charge in [0.1, 0.15) is 5.82 Å². The molecule has 0 aliphatic heterocycles. The number of hydrogen-bond acceptors (Lipinski definition) is 6. The minimum Gasteiger partial charge on any atom is -0.335 e. The molecule has 2 aromatic rings. The van der Waals surface area contributed by atoms with Crippen molar-refractivity contribution in [2.45, 2.75) is 36.9 Å². The van der Waals surface area contributed by atoms with E-state index in [0.29, 0.717) is 5.56 Å². The Morgan fingerprint density at radius 1 is 1.31 bits per heavy atom. The van der Waals surface area contributed by atoms with E-state index in [1.807, 2.05) is 0 Å². The molecule has 10 heteroatoms. The van der Waals surface area contributed by atoms with Gasteiger partial charge >= 0.3 is 6.03 Å². The molecule has 3 rings (SSSR count). The van der Waals surface area contributed by atoms with Crippen LogP contribution in [0.15, 0.2) is 29.4 Å². The molecule has 8 nitrogen and oxygen atoms in total. The Bertz CT molecular complexity index is 806. The summed E-state index contributed by atoms with van der Waals surface area (Å²) in [7, 11) is 0. The van der Waals surface area contributed by atoms with Crippen LogP contribution in [0.3, 0.4) is 0 Å². The van der Waals surface area contributed by atoms with Crippen LogP contribution < -0.4 is 16.5 Å². The third-order valence-corrected chi connectivity index (χ3v) is 4.97. The highest BCUT2D eigenvalue weighted by Crippen LogP contribution is 2.22. The highest BCUT2D eigenvalue weighted by molar-refractivity contribution is 7.99. The van der Waals surface area contributed by atoms with Crippen LogP contribution in [0.2, 0.25) is 0 Å². The van der Waals surface area contributed by atoms with Crippen LogP contribution in [-0.4, -0.2) is 38.6 Å². The quantitative estimate of drug-likeness (QED) is 0.538. The Morgan fingerprint density at radius 3 is 2.81 bits per heavy atom. The van der Waals surface area contributed by atoms with Crippen LogP contribution >= 0.6 is 11.8 Å². The molecule has 0 radical (unpaired) electrons. The zero-order chi connectivity index (χ0) is 18.5. The highest BCUT2D eigenvalue weighted by Gasteiger charge is 2.19. The maximum absolute atomic E-state index is 13.3. The lowest BCUT2D eigenvalue weighted by Crippen LogP contribution is -2.44. The smallest absolute Gasteiger partial charge is 0.321 e. The number of rotatable bonds is 5. The summed E-state index contributed by atoms with van der Waals surface area (Å²) in [6.45, 7) is 0. The van der Waals surface area contributed by atoms with Gasteiger partial charge in [-0.25, -0.2) is 13.9 Å². The minimum absolute atomic E-state index is 0.0451. The second-order valence-corrected chi connectivity index (χ2v) is 6.92. The van der Waals surface area contributed by atoms with Crippen LogP contribution in [0.5, 0.6) is 0 Å². The van der Waals surface area contributed by atoms with Gasteiger partial charge in [-0.1, -0.05) is 36.7 Å². The molecule has 26 heavy (non-hydrogen) atoms. The maximum Gasteiger partial charge on any atom is 0.321 e. The first-order valence-electron chi connectivity index (χ1n) is 8.22. The van der Waals surface area contributed by atoms with Gasteiger partial charge in [-0.2, -0.15) is 0 Å². The fraction of sp³-hybridized carbons (Fsp3) is 0.375. The topological polar surface area (TPSA) is 115 Å². The van der Waals surface area contributed by atoms with Gasteiger partial charge in [-0.3, -0.25) is 10.1 Å². The molecular formula is C16H19FN6O2S. The van der Waals surface area contributed by atoms with E-state index in [9.17, 15) is 14.0 Å². The number of imide groups is 1. The molecule has 1 heterocycles. The normalized spacial score (nSPS) is 14.3. The summed E-state index contributed by atoms with van der Waals surface area (Å²) in [6.07, 6.45) is 4.06. The molecule has 1 aromatic carbocycles. The van der Waals surface area contributed by atoms with E-state index in [1.165, 1.54) is 16.8 Å². The first-order valence-corrected chi connectivity index (χ1v) is 9.21. The predicted molar refractivity (Wildman–Crippen MR) is 95.2 cm³/mol. The summed E-state index contributed by atoms with van der Waals surface area (Å²) in [5.41, 5.74) is 0.479. The molecule has 1 aliphatic carbocycles. The van der Waals surface area contributed by atoms with Crippen LogP contribution in [0.1, 0.15) is 25.7 Å². The van der Waals surface area contributed by atoms with Crippen molar-refractivity contribution in [2.24, 2.45) is 0 Å². The van der Waals surface area contributed by atoms with Crippen molar-refractivity contribution in [3.05, 3.63) is 30.1 Å². The van der Waals surface area contributed by atoms with Gasteiger partial charge in [-0.15, -0.1) is 10.2 Å². The number of nitrogens with two attached hydrogens (primary N) is 1. The second-order valence-electron chi connectivity index (χ2n) is 5.98. The molecule has 0 bridgehead atoms. The average Bonchev–Trinajstić information content (AvgIpc) is 3.22. The van der Waals surface area contributed by atoms with Crippen molar-refractivity contribution >= 4 is 23.7 Å². The Morgan fingerprint density at radius 2 is 2.08 bits per heavy atom. The van der Waals surface area contributed by atoms with Gasteiger partial charge in [0.15, 0.2) is 5.82 Å². The van der Waals surface area contributed by atoms with Crippen molar-refractivity contribution in [3.63, 3.8) is 0 Å². The van der Waals surface area contributed by atoms with Crippen molar-refractivity contribution < 1.29 is 14.0 Å². The monoisotopic (exact) mass is 378 g/mol. The highest BCUT2D eigenvalue weighted by atomic mass is 32.2. The molecule has 1 aromatic heterocycles. The van der Waals surface area contributed by atoms with Gasteiger partial charge in [0.25, 0.3) is 0 Å². The number of hydrogen-bond donors (Lipinski definition) is 3. The molecular weight excluding hydrogens is 359 g/mol. The number of benzene rings is 1. The summed E-state index contributed by atoms with van der Waals surface area (Å²) in [5.74, 6) is 5.29. The average molecular weight is 378 g/mol. The molecule has 1 fully saturated rings. The summed E-state index contributed by atoms with van der Waals surface area (Å²) in [4.78, 5) is 23.7. The number of carbonyl (C=O) groups is 2. The maximum atomic E-state index is 13.3. The first kappa shape index (κ1) is 18.2. The summed E-state index contributed by atoms with van der Waals surface area (Å²) < 4.78 is 14.5. The van der Waals surface area contributed by atoms with E-state index in [-0.39, 0.29) is 22.8 Å². The molecule has 1 aliphatic rings. The van der Waals surface area contributed by atoms with Crippen LogP contribution in [-0.2, 0) is 4.79 Å². The Kier molecular flexibility index (Phi) is 5.71. The minimum atomic E-state index is -0.489. The number of nitrogens with one attached hydrogen (secondary N) is 2. The van der Waals surface area contributed by atoms with Crippen molar-refractivity contribution in [2.75, 3.05) is 11.6 Å². The third-order valence-electron chi connectivity index (χ3n) is 4.02. The molecule has 0 saturated heterocycles. The lowest BCUT2D eigenvalue weighted by molar-refractivity contribution is -0.117.